The van der Waals surface area contributed by atoms with Gasteiger partial charge in [-0.05, 0) is 18.9 Å². The lowest BCUT2D eigenvalue weighted by molar-refractivity contribution is -0.145. The van der Waals surface area contributed by atoms with E-state index in [-0.39, 0.29) is 5.88 Å². The van der Waals surface area contributed by atoms with Crippen molar-refractivity contribution in [3.05, 3.63) is 0 Å². The number of hydrogen-bond donors (Lipinski definition) is 0. The van der Waals surface area contributed by atoms with Crippen LogP contribution in [-0.2, 0) is 0 Å². The van der Waals surface area contributed by atoms with E-state index in [2.05, 4.69) is 0 Å². The summed E-state index contributed by atoms with van der Waals surface area (Å²) in [5.41, 5.74) is 0. The van der Waals surface area contributed by atoms with Crippen molar-refractivity contribution in [2.45, 2.75) is 25.4 Å². The lowest BCUT2D eigenvalue weighted by Gasteiger charge is -2.22. The minimum atomic E-state index is -4.10. The molecule has 1 rings (SSSR count). The van der Waals surface area contributed by atoms with Crippen LogP contribution in [0, 0.1) is 5.92 Å². The molecule has 1 nitrogen and oxygen atoms in total. The second-order valence-electron chi connectivity index (χ2n) is 3.81. The highest BCUT2D eigenvalue weighted by Gasteiger charge is 2.31. The molecule has 0 atom stereocenters. The third-order valence-corrected chi connectivity index (χ3v) is 2.52. The average molecular weight is 230 g/mol. The summed E-state index contributed by atoms with van der Waals surface area (Å²) in [6, 6.07) is 0. The van der Waals surface area contributed by atoms with Gasteiger partial charge in [-0.25, -0.2) is 0 Å². The number of rotatable bonds is 6. The molecule has 0 aromatic rings. The quantitative estimate of drug-likeness (QED) is 0.633. The van der Waals surface area contributed by atoms with Crippen LogP contribution in [0.3, 0.4) is 0 Å². The van der Waals surface area contributed by atoms with Crippen molar-refractivity contribution < 1.29 is 13.2 Å². The van der Waals surface area contributed by atoms with E-state index in [0.717, 1.165) is 6.42 Å². The summed E-state index contributed by atoms with van der Waals surface area (Å²) >= 11 is 5.45. The topological polar surface area (TPSA) is 3.24 Å². The molecule has 84 valence electrons. The highest BCUT2D eigenvalue weighted by atomic mass is 35.5. The Morgan fingerprint density at radius 3 is 2.29 bits per heavy atom. The van der Waals surface area contributed by atoms with Gasteiger partial charge in [0.1, 0.15) is 0 Å². The van der Waals surface area contributed by atoms with Crippen molar-refractivity contribution >= 4 is 11.6 Å². The van der Waals surface area contributed by atoms with Gasteiger partial charge in [0.2, 0.25) is 0 Å². The zero-order valence-electron chi connectivity index (χ0n) is 7.99. The summed E-state index contributed by atoms with van der Waals surface area (Å²) in [6.07, 6.45) is -0.857. The van der Waals surface area contributed by atoms with Gasteiger partial charge in [0.05, 0.1) is 6.54 Å². The van der Waals surface area contributed by atoms with E-state index in [1.54, 1.807) is 0 Å². The predicted octanol–water partition coefficient (Wildman–Crippen LogP) is 2.89. The van der Waals surface area contributed by atoms with Gasteiger partial charge in [-0.1, -0.05) is 12.8 Å². The first-order valence-corrected chi connectivity index (χ1v) is 5.40. The Labute approximate surface area is 87.2 Å². The molecule has 5 heteroatoms. The number of hydrogen-bond acceptors (Lipinski definition) is 1. The van der Waals surface area contributed by atoms with Crippen molar-refractivity contribution in [2.75, 3.05) is 25.5 Å². The minimum Gasteiger partial charge on any atom is -0.294 e. The second kappa shape index (κ2) is 5.21. The van der Waals surface area contributed by atoms with Crippen LogP contribution in [-0.4, -0.2) is 36.6 Å². The van der Waals surface area contributed by atoms with Crippen LogP contribution in [0.5, 0.6) is 0 Å². The third-order valence-electron chi connectivity index (χ3n) is 2.35. The Balaban J connectivity index is 2.21. The Morgan fingerprint density at radius 1 is 1.21 bits per heavy atom. The first kappa shape index (κ1) is 12.1. The normalized spacial score (nSPS) is 17.8. The smallest absolute Gasteiger partial charge is 0.294 e. The third kappa shape index (κ3) is 5.70. The van der Waals surface area contributed by atoms with Gasteiger partial charge in [-0.3, -0.25) is 4.90 Å². The fraction of sp³-hybridized carbons (Fsp3) is 1.00. The number of alkyl halides is 4. The minimum absolute atomic E-state index is 0.265. The molecule has 1 fully saturated rings. The molecule has 0 bridgehead atoms. The fourth-order valence-electron chi connectivity index (χ4n) is 1.41. The standard InChI is InChI=1S/C9H15ClF3N/c10-4-6-14(7-9(11,12)13)5-3-8-1-2-8/h8H,1-7H2. The van der Waals surface area contributed by atoms with Crippen molar-refractivity contribution in [3.63, 3.8) is 0 Å². The maximum atomic E-state index is 12.1. The van der Waals surface area contributed by atoms with Crippen molar-refractivity contribution in [1.82, 2.24) is 4.90 Å². The van der Waals surface area contributed by atoms with Crippen LogP contribution in [0.2, 0.25) is 0 Å². The van der Waals surface area contributed by atoms with E-state index in [0.29, 0.717) is 19.0 Å². The highest BCUT2D eigenvalue weighted by Crippen LogP contribution is 2.32. The number of halogens is 4. The molecule has 1 aliphatic carbocycles. The largest absolute Gasteiger partial charge is 0.401 e. The molecule has 1 aliphatic rings. The zero-order chi connectivity index (χ0) is 10.6. The molecule has 14 heavy (non-hydrogen) atoms. The van der Waals surface area contributed by atoms with Crippen LogP contribution in [0.4, 0.5) is 13.2 Å². The summed E-state index contributed by atoms with van der Waals surface area (Å²) in [5, 5.41) is 0. The van der Waals surface area contributed by atoms with E-state index in [1.165, 1.54) is 17.7 Å². The molecule has 0 radical (unpaired) electrons. The predicted molar refractivity (Wildman–Crippen MR) is 50.6 cm³/mol. The molecular formula is C9H15ClF3N. The van der Waals surface area contributed by atoms with Gasteiger partial charge in [0.25, 0.3) is 0 Å². The molecule has 0 heterocycles. The van der Waals surface area contributed by atoms with E-state index in [4.69, 9.17) is 11.6 Å². The van der Waals surface area contributed by atoms with E-state index >= 15 is 0 Å². The van der Waals surface area contributed by atoms with Gasteiger partial charge in [0.15, 0.2) is 0 Å². The lowest BCUT2D eigenvalue weighted by atomic mass is 10.3. The maximum Gasteiger partial charge on any atom is 0.401 e. The van der Waals surface area contributed by atoms with E-state index < -0.39 is 12.7 Å². The van der Waals surface area contributed by atoms with Crippen molar-refractivity contribution in [2.24, 2.45) is 5.92 Å². The summed E-state index contributed by atoms with van der Waals surface area (Å²) in [5.74, 6) is 0.932. The summed E-state index contributed by atoms with van der Waals surface area (Å²) in [7, 11) is 0. The average Bonchev–Trinajstić information content (AvgIpc) is 2.80. The molecule has 0 aliphatic heterocycles. The van der Waals surface area contributed by atoms with Crippen LogP contribution < -0.4 is 0 Å². The summed E-state index contributed by atoms with van der Waals surface area (Å²) in [4.78, 5) is 1.39. The lowest BCUT2D eigenvalue weighted by Crippen LogP contribution is -2.36. The van der Waals surface area contributed by atoms with Gasteiger partial charge >= 0.3 is 6.18 Å². The molecule has 1 saturated carbocycles. The van der Waals surface area contributed by atoms with E-state index in [9.17, 15) is 13.2 Å². The van der Waals surface area contributed by atoms with Gasteiger partial charge in [-0.15, -0.1) is 11.6 Å². The fourth-order valence-corrected chi connectivity index (χ4v) is 1.65. The highest BCUT2D eigenvalue weighted by molar-refractivity contribution is 6.18. The first-order valence-electron chi connectivity index (χ1n) is 4.86. The molecule has 0 amide bonds. The first-order chi connectivity index (χ1) is 6.51. The van der Waals surface area contributed by atoms with Crippen molar-refractivity contribution in [3.8, 4) is 0 Å². The van der Waals surface area contributed by atoms with Crippen molar-refractivity contribution in [1.29, 1.82) is 0 Å². The van der Waals surface area contributed by atoms with Gasteiger partial charge in [-0.2, -0.15) is 13.2 Å². The Bertz CT molecular complexity index is 168. The monoisotopic (exact) mass is 229 g/mol. The molecule has 0 unspecified atom stereocenters. The molecule has 0 saturated heterocycles. The summed E-state index contributed by atoms with van der Waals surface area (Å²) < 4.78 is 36.3. The maximum absolute atomic E-state index is 12.1. The van der Waals surface area contributed by atoms with Crippen LogP contribution in [0.15, 0.2) is 0 Å². The van der Waals surface area contributed by atoms with E-state index in [1.807, 2.05) is 0 Å². The SMILES string of the molecule is FC(F)(F)CN(CCCl)CCC1CC1. The van der Waals surface area contributed by atoms with Crippen LogP contribution in [0.1, 0.15) is 19.3 Å². The Morgan fingerprint density at radius 2 is 1.86 bits per heavy atom. The summed E-state index contributed by atoms with van der Waals surface area (Å²) in [6.45, 7) is 0.0249. The van der Waals surface area contributed by atoms with Gasteiger partial charge < -0.3 is 0 Å². The number of nitrogens with zero attached hydrogens (tertiary/aromatic N) is 1. The Kier molecular flexibility index (Phi) is 4.51. The van der Waals surface area contributed by atoms with Crippen LogP contribution >= 0.6 is 11.6 Å². The Hall–Kier alpha value is 0.0400. The van der Waals surface area contributed by atoms with Gasteiger partial charge in [0, 0.05) is 12.4 Å². The molecule has 0 spiro atoms. The zero-order valence-corrected chi connectivity index (χ0v) is 8.74. The second-order valence-corrected chi connectivity index (χ2v) is 4.19. The molecule has 0 N–H and O–H groups in total. The molecular weight excluding hydrogens is 215 g/mol. The molecule has 0 aromatic heterocycles. The molecule has 0 aromatic carbocycles. The van der Waals surface area contributed by atoms with Crippen LogP contribution in [0.25, 0.3) is 0 Å².